The first-order valence-electron chi connectivity index (χ1n) is 10.4. The fraction of sp³-hybridized carbons (Fsp3) is 0.292. The van der Waals surface area contributed by atoms with Crippen molar-refractivity contribution in [1.29, 1.82) is 0 Å². The van der Waals surface area contributed by atoms with Gasteiger partial charge in [0.1, 0.15) is 10.9 Å². The van der Waals surface area contributed by atoms with E-state index in [9.17, 15) is 9.59 Å². The average molecular weight is 506 g/mol. The number of ether oxygens (including phenoxy) is 2. The summed E-state index contributed by atoms with van der Waals surface area (Å²) >= 11 is 12.8. The zero-order valence-electron chi connectivity index (χ0n) is 18.1. The van der Waals surface area contributed by atoms with Crippen molar-refractivity contribution in [3.63, 3.8) is 0 Å². The van der Waals surface area contributed by atoms with Gasteiger partial charge in [-0.2, -0.15) is 0 Å². The maximum absolute atomic E-state index is 12.8. The van der Waals surface area contributed by atoms with Gasteiger partial charge in [-0.05, 0) is 42.7 Å². The highest BCUT2D eigenvalue weighted by Gasteiger charge is 2.31. The van der Waals surface area contributed by atoms with E-state index in [1.54, 1.807) is 30.2 Å². The molecule has 3 rings (SSSR count). The van der Waals surface area contributed by atoms with Crippen molar-refractivity contribution >= 4 is 57.9 Å². The summed E-state index contributed by atoms with van der Waals surface area (Å²) in [7, 11) is 1.56. The van der Waals surface area contributed by atoms with Crippen molar-refractivity contribution < 1.29 is 24.2 Å². The number of rotatable bonds is 11. The van der Waals surface area contributed by atoms with Crippen LogP contribution in [0.15, 0.2) is 47.4 Å². The number of aliphatic carboxylic acids is 1. The van der Waals surface area contributed by atoms with Crippen LogP contribution in [0.5, 0.6) is 11.5 Å². The predicted molar refractivity (Wildman–Crippen MR) is 135 cm³/mol. The van der Waals surface area contributed by atoms with E-state index < -0.39 is 5.97 Å². The molecule has 1 amide bonds. The molecule has 1 heterocycles. The first kappa shape index (κ1) is 25.1. The maximum Gasteiger partial charge on any atom is 0.303 e. The van der Waals surface area contributed by atoms with Gasteiger partial charge in [0.25, 0.3) is 5.91 Å². The predicted octanol–water partition coefficient (Wildman–Crippen LogP) is 5.77. The number of nitrogens with zero attached hydrogens (tertiary/aromatic N) is 1. The highest BCUT2D eigenvalue weighted by molar-refractivity contribution is 8.26. The lowest BCUT2D eigenvalue weighted by Gasteiger charge is -2.14. The third-order valence-corrected chi connectivity index (χ3v) is 6.72. The summed E-state index contributed by atoms with van der Waals surface area (Å²) in [4.78, 5) is 25.5. The Morgan fingerprint density at radius 2 is 1.97 bits per heavy atom. The van der Waals surface area contributed by atoms with Crippen LogP contribution >= 0.6 is 35.6 Å². The van der Waals surface area contributed by atoms with Crippen LogP contribution in [0.25, 0.3) is 6.08 Å². The van der Waals surface area contributed by atoms with Crippen LogP contribution in [0, 0.1) is 0 Å². The van der Waals surface area contributed by atoms with Gasteiger partial charge in [-0.3, -0.25) is 14.5 Å². The van der Waals surface area contributed by atoms with Gasteiger partial charge in [0, 0.05) is 23.6 Å². The fourth-order valence-electron chi connectivity index (χ4n) is 3.23. The number of benzene rings is 2. The second-order valence-electron chi connectivity index (χ2n) is 7.33. The number of unbranched alkanes of at least 4 members (excludes halogenated alkanes) is 2. The number of halogens is 1. The summed E-state index contributed by atoms with van der Waals surface area (Å²) in [5.41, 5.74) is 1.66. The summed E-state index contributed by atoms with van der Waals surface area (Å²) in [6.45, 7) is 0.792. The maximum atomic E-state index is 12.8. The SMILES string of the molecule is COc1cc(C=C2SC(=S)N(CCCCCC(=O)O)C2=O)ccc1OCc1ccccc1Cl. The molecule has 1 aliphatic heterocycles. The highest BCUT2D eigenvalue weighted by atomic mass is 35.5. The summed E-state index contributed by atoms with van der Waals surface area (Å²) < 4.78 is 11.9. The minimum atomic E-state index is -0.806. The molecule has 1 aliphatic rings. The Hall–Kier alpha value is -2.55. The van der Waals surface area contributed by atoms with Gasteiger partial charge >= 0.3 is 5.97 Å². The molecule has 9 heteroatoms. The van der Waals surface area contributed by atoms with Crippen LogP contribution in [0.2, 0.25) is 5.02 Å². The molecule has 0 aromatic heterocycles. The largest absolute Gasteiger partial charge is 0.493 e. The van der Waals surface area contributed by atoms with E-state index in [1.807, 2.05) is 30.3 Å². The number of methoxy groups -OCH3 is 1. The van der Waals surface area contributed by atoms with E-state index in [0.717, 1.165) is 17.5 Å². The molecule has 0 bridgehead atoms. The first-order valence-corrected chi connectivity index (χ1v) is 12.0. The minimum absolute atomic E-state index is 0.137. The Bertz CT molecular complexity index is 1070. The molecule has 2 aromatic carbocycles. The molecule has 0 saturated carbocycles. The second-order valence-corrected chi connectivity index (χ2v) is 9.41. The number of carboxylic acids is 1. The Labute approximate surface area is 207 Å². The Balaban J connectivity index is 1.63. The van der Waals surface area contributed by atoms with E-state index in [0.29, 0.717) is 51.7 Å². The monoisotopic (exact) mass is 505 g/mol. The summed E-state index contributed by atoms with van der Waals surface area (Å²) in [5.74, 6) is 0.175. The molecule has 174 valence electrons. The molecule has 0 aliphatic carbocycles. The van der Waals surface area contributed by atoms with E-state index in [1.165, 1.54) is 11.8 Å². The molecule has 0 unspecified atom stereocenters. The number of thiocarbonyl (C=S) groups is 1. The van der Waals surface area contributed by atoms with E-state index in [-0.39, 0.29) is 12.3 Å². The van der Waals surface area contributed by atoms with Gasteiger partial charge in [0.15, 0.2) is 11.5 Å². The fourth-order valence-corrected chi connectivity index (χ4v) is 4.73. The summed E-state index contributed by atoms with van der Waals surface area (Å²) in [6, 6.07) is 12.9. The van der Waals surface area contributed by atoms with Crippen molar-refractivity contribution in [3.8, 4) is 11.5 Å². The number of amides is 1. The van der Waals surface area contributed by atoms with Crippen molar-refractivity contribution in [1.82, 2.24) is 4.90 Å². The highest BCUT2D eigenvalue weighted by Crippen LogP contribution is 2.35. The van der Waals surface area contributed by atoms with Gasteiger partial charge in [-0.15, -0.1) is 0 Å². The van der Waals surface area contributed by atoms with Crippen LogP contribution in [0.3, 0.4) is 0 Å². The molecule has 0 radical (unpaired) electrons. The third-order valence-electron chi connectivity index (χ3n) is 4.97. The van der Waals surface area contributed by atoms with Crippen molar-refractivity contribution in [2.45, 2.75) is 32.3 Å². The topological polar surface area (TPSA) is 76.1 Å². The van der Waals surface area contributed by atoms with Gasteiger partial charge in [-0.1, -0.05) is 66.3 Å². The Morgan fingerprint density at radius 1 is 1.18 bits per heavy atom. The van der Waals surface area contributed by atoms with Gasteiger partial charge < -0.3 is 14.6 Å². The number of thioether (sulfide) groups is 1. The number of carbonyl (C=O) groups excluding carboxylic acids is 1. The van der Waals surface area contributed by atoms with Crippen LogP contribution in [0.4, 0.5) is 0 Å². The quantitative estimate of drug-likeness (QED) is 0.236. The average Bonchev–Trinajstić information content (AvgIpc) is 3.05. The lowest BCUT2D eigenvalue weighted by Crippen LogP contribution is -2.29. The van der Waals surface area contributed by atoms with Crippen molar-refractivity contribution in [2.75, 3.05) is 13.7 Å². The van der Waals surface area contributed by atoms with E-state index >= 15 is 0 Å². The number of carbonyl (C=O) groups is 2. The molecule has 0 spiro atoms. The standard InChI is InChI=1S/C24H24ClNO5S2/c1-30-20-13-16(10-11-19(20)31-15-17-7-4-5-8-18(17)25)14-21-23(29)26(24(32)33-21)12-6-2-3-9-22(27)28/h4-5,7-8,10-11,13-14H,2-3,6,9,12,15H2,1H3,(H,27,28). The molecular formula is C24H24ClNO5S2. The zero-order chi connectivity index (χ0) is 23.8. The number of hydrogen-bond donors (Lipinski definition) is 1. The van der Waals surface area contributed by atoms with Gasteiger partial charge in [0.05, 0.1) is 12.0 Å². The third kappa shape index (κ3) is 6.96. The van der Waals surface area contributed by atoms with Gasteiger partial charge in [0.2, 0.25) is 0 Å². The molecule has 2 aromatic rings. The second kappa shape index (κ2) is 12.1. The van der Waals surface area contributed by atoms with Crippen LogP contribution in [-0.4, -0.2) is 39.9 Å². The summed E-state index contributed by atoms with van der Waals surface area (Å²) in [5, 5.41) is 9.35. The normalized spacial score (nSPS) is 14.7. The zero-order valence-corrected chi connectivity index (χ0v) is 20.5. The lowest BCUT2D eigenvalue weighted by molar-refractivity contribution is -0.137. The first-order chi connectivity index (χ1) is 15.9. The molecule has 33 heavy (non-hydrogen) atoms. The lowest BCUT2D eigenvalue weighted by atomic mass is 10.1. The smallest absolute Gasteiger partial charge is 0.303 e. The van der Waals surface area contributed by atoms with Crippen LogP contribution < -0.4 is 9.47 Å². The molecule has 6 nitrogen and oxygen atoms in total. The summed E-state index contributed by atoms with van der Waals surface area (Å²) in [6.07, 6.45) is 3.94. The molecule has 1 saturated heterocycles. The minimum Gasteiger partial charge on any atom is -0.493 e. The van der Waals surface area contributed by atoms with Crippen LogP contribution in [-0.2, 0) is 16.2 Å². The van der Waals surface area contributed by atoms with E-state index in [4.69, 9.17) is 38.4 Å². The van der Waals surface area contributed by atoms with E-state index in [2.05, 4.69) is 0 Å². The Morgan fingerprint density at radius 3 is 2.70 bits per heavy atom. The molecule has 0 atom stereocenters. The molecular weight excluding hydrogens is 482 g/mol. The Kier molecular flexibility index (Phi) is 9.17. The van der Waals surface area contributed by atoms with Crippen LogP contribution in [0.1, 0.15) is 36.8 Å². The molecule has 1 fully saturated rings. The number of hydrogen-bond acceptors (Lipinski definition) is 6. The number of carboxylic acid groups (broad SMARTS) is 1. The van der Waals surface area contributed by atoms with Crippen molar-refractivity contribution in [2.24, 2.45) is 0 Å². The van der Waals surface area contributed by atoms with Gasteiger partial charge in [-0.25, -0.2) is 0 Å². The van der Waals surface area contributed by atoms with Crippen molar-refractivity contribution in [3.05, 3.63) is 63.5 Å². The molecule has 1 N–H and O–H groups in total.